The Kier molecular flexibility index (Phi) is 4.26. The van der Waals surface area contributed by atoms with Crippen LogP contribution in [0.3, 0.4) is 0 Å². The summed E-state index contributed by atoms with van der Waals surface area (Å²) in [6, 6.07) is 5.48. The topological polar surface area (TPSA) is 41.5 Å². The average Bonchev–Trinajstić information content (AvgIpc) is 3.11. The summed E-state index contributed by atoms with van der Waals surface area (Å²) in [7, 11) is 1.80. The zero-order valence-corrected chi connectivity index (χ0v) is 10.7. The fourth-order valence-electron chi connectivity index (χ4n) is 1.73. The Morgan fingerprint density at radius 3 is 2.94 bits per heavy atom. The number of likely N-dealkylation sites (N-methyl/N-ethyl adjacent to an activating group) is 1. The molecule has 1 unspecified atom stereocenters. The lowest BCUT2D eigenvalue weighted by molar-refractivity contribution is 0.170. The van der Waals surface area contributed by atoms with Crippen molar-refractivity contribution in [3.63, 3.8) is 0 Å². The van der Waals surface area contributed by atoms with Crippen LogP contribution in [0.4, 0.5) is 0 Å². The van der Waals surface area contributed by atoms with Crippen LogP contribution in [0.2, 0.25) is 5.02 Å². The largest absolute Gasteiger partial charge is 0.491 e. The van der Waals surface area contributed by atoms with Gasteiger partial charge in [-0.3, -0.25) is 0 Å². The molecule has 3 nitrogen and oxygen atoms in total. The molecule has 0 spiro atoms. The fraction of sp³-hybridized carbons (Fsp3) is 0.538. The van der Waals surface area contributed by atoms with E-state index in [1.807, 2.05) is 12.1 Å². The van der Waals surface area contributed by atoms with Gasteiger partial charge in [-0.05, 0) is 31.9 Å². The lowest BCUT2D eigenvalue weighted by atomic mass is 10.1. The molecule has 1 aromatic rings. The second kappa shape index (κ2) is 5.71. The summed E-state index contributed by atoms with van der Waals surface area (Å²) in [5.41, 5.74) is 0.757. The van der Waals surface area contributed by atoms with Gasteiger partial charge in [0.1, 0.15) is 5.75 Å². The number of aliphatic hydroxyl groups is 1. The normalized spacial score (nSPS) is 16.9. The smallest absolute Gasteiger partial charge is 0.143 e. The number of hydrogen-bond donors (Lipinski definition) is 2. The lowest BCUT2D eigenvalue weighted by Crippen LogP contribution is -2.17. The zero-order valence-electron chi connectivity index (χ0n) is 9.95. The molecule has 0 aliphatic heterocycles. The second-order valence-electron chi connectivity index (χ2n) is 4.49. The molecule has 1 aromatic carbocycles. The first-order valence-electron chi connectivity index (χ1n) is 5.96. The first-order valence-corrected chi connectivity index (χ1v) is 6.34. The summed E-state index contributed by atoms with van der Waals surface area (Å²) in [6.07, 6.45) is 1.88. The van der Waals surface area contributed by atoms with Crippen LogP contribution in [0.5, 0.6) is 5.75 Å². The lowest BCUT2D eigenvalue weighted by Gasteiger charge is -2.17. The number of rotatable bonds is 6. The molecule has 2 N–H and O–H groups in total. The number of ether oxygens (including phenoxy) is 1. The molecule has 0 bridgehead atoms. The Hall–Kier alpha value is -0.770. The fourth-order valence-corrected chi connectivity index (χ4v) is 1.97. The van der Waals surface area contributed by atoms with Gasteiger partial charge < -0.3 is 15.2 Å². The summed E-state index contributed by atoms with van der Waals surface area (Å²) in [5, 5.41) is 13.5. The highest BCUT2D eigenvalue weighted by atomic mass is 35.5. The van der Waals surface area contributed by atoms with Gasteiger partial charge in [-0.25, -0.2) is 0 Å². The summed E-state index contributed by atoms with van der Waals surface area (Å²) >= 11 is 6.12. The first-order chi connectivity index (χ1) is 8.22. The Bertz CT molecular complexity index is 380. The Morgan fingerprint density at radius 2 is 2.29 bits per heavy atom. The standard InChI is InChI=1S/C13H18ClNO2/c1-15-7-12(16)10-3-2-4-11(14)13(10)17-8-9-5-6-9/h2-4,9,12,15-16H,5-8H2,1H3. The van der Waals surface area contributed by atoms with Crippen molar-refractivity contribution >= 4 is 11.6 Å². The maximum Gasteiger partial charge on any atom is 0.143 e. The predicted octanol–water partition coefficient (Wildman–Crippen LogP) is 2.38. The maximum atomic E-state index is 10.0. The van der Waals surface area contributed by atoms with Crippen LogP contribution in [0.25, 0.3) is 0 Å². The molecule has 2 rings (SSSR count). The molecule has 0 heterocycles. The molecule has 1 atom stereocenters. The molecule has 0 aromatic heterocycles. The van der Waals surface area contributed by atoms with E-state index in [2.05, 4.69) is 5.32 Å². The number of aliphatic hydroxyl groups excluding tert-OH is 1. The van der Waals surface area contributed by atoms with Gasteiger partial charge in [-0.15, -0.1) is 0 Å². The van der Waals surface area contributed by atoms with Crippen LogP contribution in [0, 0.1) is 5.92 Å². The van der Waals surface area contributed by atoms with Gasteiger partial charge in [0, 0.05) is 12.1 Å². The third-order valence-corrected chi connectivity index (χ3v) is 3.21. The highest BCUT2D eigenvalue weighted by Crippen LogP contribution is 2.35. The van der Waals surface area contributed by atoms with Gasteiger partial charge in [0.25, 0.3) is 0 Å². The van der Waals surface area contributed by atoms with E-state index in [1.165, 1.54) is 12.8 Å². The summed E-state index contributed by atoms with van der Waals surface area (Å²) in [6.45, 7) is 1.18. The van der Waals surface area contributed by atoms with Gasteiger partial charge in [-0.2, -0.15) is 0 Å². The summed E-state index contributed by atoms with van der Waals surface area (Å²) in [5.74, 6) is 1.30. The van der Waals surface area contributed by atoms with Crippen LogP contribution >= 0.6 is 11.6 Å². The number of benzene rings is 1. The number of nitrogens with one attached hydrogen (secondary N) is 1. The molecule has 1 aliphatic carbocycles. The van der Waals surface area contributed by atoms with E-state index < -0.39 is 6.10 Å². The zero-order chi connectivity index (χ0) is 12.3. The SMILES string of the molecule is CNCC(O)c1cccc(Cl)c1OCC1CC1. The van der Waals surface area contributed by atoms with E-state index in [4.69, 9.17) is 16.3 Å². The molecule has 1 saturated carbocycles. The molecule has 0 amide bonds. The van der Waals surface area contributed by atoms with E-state index in [0.29, 0.717) is 29.8 Å². The number of hydrogen-bond acceptors (Lipinski definition) is 3. The van der Waals surface area contributed by atoms with Crippen LogP contribution in [0.15, 0.2) is 18.2 Å². The average molecular weight is 256 g/mol. The van der Waals surface area contributed by atoms with Crippen molar-refractivity contribution in [2.75, 3.05) is 20.2 Å². The molecule has 1 aliphatic rings. The van der Waals surface area contributed by atoms with E-state index in [1.54, 1.807) is 13.1 Å². The summed E-state index contributed by atoms with van der Waals surface area (Å²) < 4.78 is 5.74. The van der Waals surface area contributed by atoms with Gasteiger partial charge in [-0.1, -0.05) is 23.7 Å². The van der Waals surface area contributed by atoms with Crippen LogP contribution < -0.4 is 10.1 Å². The Morgan fingerprint density at radius 1 is 1.53 bits per heavy atom. The molecule has 17 heavy (non-hydrogen) atoms. The monoisotopic (exact) mass is 255 g/mol. The molecular weight excluding hydrogens is 238 g/mol. The molecule has 94 valence electrons. The molecule has 1 fully saturated rings. The maximum absolute atomic E-state index is 10.0. The van der Waals surface area contributed by atoms with Crippen LogP contribution in [-0.2, 0) is 0 Å². The highest BCUT2D eigenvalue weighted by molar-refractivity contribution is 6.32. The molecular formula is C13H18ClNO2. The minimum Gasteiger partial charge on any atom is -0.491 e. The number of halogens is 1. The number of para-hydroxylation sites is 1. The third kappa shape index (κ3) is 3.35. The first kappa shape index (κ1) is 12.7. The van der Waals surface area contributed by atoms with E-state index >= 15 is 0 Å². The quantitative estimate of drug-likeness (QED) is 0.820. The second-order valence-corrected chi connectivity index (χ2v) is 4.89. The minimum absolute atomic E-state index is 0.486. The molecule has 0 radical (unpaired) electrons. The van der Waals surface area contributed by atoms with E-state index in [0.717, 1.165) is 5.56 Å². The minimum atomic E-state index is -0.590. The highest BCUT2D eigenvalue weighted by Gasteiger charge is 2.24. The van der Waals surface area contributed by atoms with E-state index in [9.17, 15) is 5.11 Å². The van der Waals surface area contributed by atoms with Gasteiger partial charge in [0.05, 0.1) is 17.7 Å². The Labute approximate surface area is 107 Å². The van der Waals surface area contributed by atoms with Crippen molar-refractivity contribution in [1.29, 1.82) is 0 Å². The Balaban J connectivity index is 2.13. The van der Waals surface area contributed by atoms with Gasteiger partial charge >= 0.3 is 0 Å². The van der Waals surface area contributed by atoms with Crippen LogP contribution in [-0.4, -0.2) is 25.3 Å². The van der Waals surface area contributed by atoms with Crippen molar-refractivity contribution in [3.05, 3.63) is 28.8 Å². The molecule has 4 heteroatoms. The van der Waals surface area contributed by atoms with Crippen molar-refractivity contribution in [2.45, 2.75) is 18.9 Å². The van der Waals surface area contributed by atoms with E-state index in [-0.39, 0.29) is 0 Å². The van der Waals surface area contributed by atoms with Gasteiger partial charge in [0.2, 0.25) is 0 Å². The van der Waals surface area contributed by atoms with Crippen molar-refractivity contribution in [3.8, 4) is 5.75 Å². The van der Waals surface area contributed by atoms with Crippen LogP contribution in [0.1, 0.15) is 24.5 Å². The van der Waals surface area contributed by atoms with Crippen molar-refractivity contribution in [2.24, 2.45) is 5.92 Å². The third-order valence-electron chi connectivity index (χ3n) is 2.91. The van der Waals surface area contributed by atoms with Crippen molar-refractivity contribution in [1.82, 2.24) is 5.32 Å². The predicted molar refractivity (Wildman–Crippen MR) is 68.6 cm³/mol. The van der Waals surface area contributed by atoms with Gasteiger partial charge in [0.15, 0.2) is 0 Å². The summed E-state index contributed by atoms with van der Waals surface area (Å²) in [4.78, 5) is 0. The van der Waals surface area contributed by atoms with Crippen molar-refractivity contribution < 1.29 is 9.84 Å². The molecule has 0 saturated heterocycles.